The normalized spacial score (nSPS) is 17.1. The molecular weight excluding hydrogens is 573 g/mol. The zero-order valence-electron chi connectivity index (χ0n) is 24.7. The third-order valence-corrected chi connectivity index (χ3v) is 7.65. The Labute approximate surface area is 261 Å². The highest BCUT2D eigenvalue weighted by Crippen LogP contribution is 2.43. The third kappa shape index (κ3) is 7.49. The summed E-state index contributed by atoms with van der Waals surface area (Å²) in [5, 5.41) is 15.8. The predicted octanol–water partition coefficient (Wildman–Crippen LogP) is 6.26. The zero-order valence-corrected chi connectivity index (χ0v) is 24.7. The Hall–Kier alpha value is -5.18. The number of carbonyl (C=O) groups is 1. The number of azide groups is 1. The Morgan fingerprint density at radius 2 is 1.67 bits per heavy atom. The number of amides is 1. The fourth-order valence-electron chi connectivity index (χ4n) is 5.36. The highest BCUT2D eigenvalue weighted by atomic mass is 19.1. The van der Waals surface area contributed by atoms with E-state index in [1.54, 1.807) is 30.3 Å². The topological polar surface area (TPSA) is 129 Å². The molecule has 4 aromatic rings. The van der Waals surface area contributed by atoms with Gasteiger partial charge in [-0.05, 0) is 64.5 Å². The average Bonchev–Trinajstić information content (AvgIpc) is 3.46. The van der Waals surface area contributed by atoms with E-state index in [0.717, 1.165) is 16.7 Å². The number of halogens is 1. The van der Waals surface area contributed by atoms with Crippen LogP contribution in [0.1, 0.15) is 40.3 Å². The minimum absolute atomic E-state index is 0.0417. The smallest absolute Gasteiger partial charge is 0.252 e. The van der Waals surface area contributed by atoms with E-state index in [2.05, 4.69) is 15.3 Å². The molecule has 0 radical (unpaired) electrons. The van der Waals surface area contributed by atoms with Gasteiger partial charge in [-0.25, -0.2) is 9.38 Å². The Morgan fingerprint density at radius 3 is 2.38 bits per heavy atom. The Morgan fingerprint density at radius 1 is 0.978 bits per heavy atom. The van der Waals surface area contributed by atoms with Gasteiger partial charge >= 0.3 is 0 Å². The number of benzene rings is 4. The quantitative estimate of drug-likeness (QED) is 0.0759. The maximum atomic E-state index is 14.4. The summed E-state index contributed by atoms with van der Waals surface area (Å²) in [6, 6.07) is 30.6. The maximum Gasteiger partial charge on any atom is 0.252 e. The lowest BCUT2D eigenvalue weighted by Crippen LogP contribution is -2.50. The van der Waals surface area contributed by atoms with Gasteiger partial charge in [0.25, 0.3) is 5.91 Å². The first-order valence-corrected chi connectivity index (χ1v) is 14.8. The van der Waals surface area contributed by atoms with E-state index in [1.165, 1.54) is 6.07 Å². The number of hydrogen-bond donors (Lipinski definition) is 2. The van der Waals surface area contributed by atoms with E-state index in [9.17, 15) is 9.18 Å². The molecular formula is C35H34FN5O4. The van der Waals surface area contributed by atoms with Crippen LogP contribution in [-0.2, 0) is 28.9 Å². The lowest BCUT2D eigenvalue weighted by Gasteiger charge is -2.31. The molecule has 10 heteroatoms. The number of carbonyl (C=O) groups excluding carboxylic acids is 1. The van der Waals surface area contributed by atoms with Crippen molar-refractivity contribution in [3.63, 3.8) is 0 Å². The van der Waals surface area contributed by atoms with Crippen LogP contribution < -0.4 is 10.1 Å². The summed E-state index contributed by atoms with van der Waals surface area (Å²) in [7, 11) is 0. The molecule has 45 heavy (non-hydrogen) atoms. The summed E-state index contributed by atoms with van der Waals surface area (Å²) >= 11 is 0. The Bertz CT molecular complexity index is 1680. The molecule has 0 fully saturated rings. The molecule has 0 aromatic heterocycles. The van der Waals surface area contributed by atoms with Gasteiger partial charge in [0.2, 0.25) is 5.90 Å². The Balaban J connectivity index is 1.54. The number of aliphatic imine (C=N–C) groups is 1. The molecule has 0 saturated heterocycles. The molecule has 1 heterocycles. The largest absolute Gasteiger partial charge is 0.494 e. The lowest BCUT2D eigenvalue weighted by atomic mass is 9.81. The molecule has 1 amide bonds. The summed E-state index contributed by atoms with van der Waals surface area (Å²) < 4.78 is 26.6. The third-order valence-electron chi connectivity index (χ3n) is 7.65. The molecule has 0 unspecified atom stereocenters. The molecule has 230 valence electrons. The summed E-state index contributed by atoms with van der Waals surface area (Å²) in [6.07, 6.45) is 0.176. The molecule has 2 N–H and O–H groups in total. The van der Waals surface area contributed by atoms with E-state index in [1.807, 2.05) is 66.7 Å². The highest BCUT2D eigenvalue weighted by Gasteiger charge is 2.53. The standard InChI is InChI=1S/C35H34FN5O4/c36-31-14-7-6-9-25(31)19-20-38-34(43)35(23-28-12-4-5-13-29(28)24-39-41-37)32(26-10-2-1-3-11-26)45-33(40-35)27-15-17-30(18-16-27)44-22-8-21-42/h1-7,9-18,32,42H,8,19-24H2,(H,38,43)/t32-,35-/m1/s1. The number of aliphatic hydroxyl groups is 1. The second kappa shape index (κ2) is 15.0. The fourth-order valence-corrected chi connectivity index (χ4v) is 5.36. The number of aliphatic hydroxyl groups excluding tert-OH is 1. The first-order chi connectivity index (χ1) is 22.0. The number of rotatable bonds is 14. The van der Waals surface area contributed by atoms with Crippen LogP contribution in [0.2, 0.25) is 0 Å². The van der Waals surface area contributed by atoms with Crippen molar-refractivity contribution in [1.82, 2.24) is 5.32 Å². The molecule has 4 aromatic carbocycles. The van der Waals surface area contributed by atoms with Crippen LogP contribution in [0.25, 0.3) is 10.4 Å². The molecule has 0 bridgehead atoms. The van der Waals surface area contributed by atoms with Gasteiger partial charge in [-0.3, -0.25) is 4.79 Å². The molecule has 2 atom stereocenters. The van der Waals surface area contributed by atoms with Gasteiger partial charge in [-0.1, -0.05) is 77.9 Å². The maximum absolute atomic E-state index is 14.4. The first-order valence-electron chi connectivity index (χ1n) is 14.8. The van der Waals surface area contributed by atoms with Crippen LogP contribution in [0.3, 0.4) is 0 Å². The predicted molar refractivity (Wildman–Crippen MR) is 169 cm³/mol. The molecule has 1 aliphatic rings. The van der Waals surface area contributed by atoms with E-state index >= 15 is 0 Å². The second-order valence-electron chi connectivity index (χ2n) is 10.6. The van der Waals surface area contributed by atoms with Crippen molar-refractivity contribution < 1.29 is 23.8 Å². The number of nitrogens with zero attached hydrogens (tertiary/aromatic N) is 4. The van der Waals surface area contributed by atoms with Crippen LogP contribution in [-0.4, -0.2) is 42.2 Å². The molecule has 9 nitrogen and oxygen atoms in total. The van der Waals surface area contributed by atoms with Gasteiger partial charge in [-0.15, -0.1) is 0 Å². The molecule has 1 aliphatic heterocycles. The van der Waals surface area contributed by atoms with E-state index in [-0.39, 0.29) is 37.8 Å². The summed E-state index contributed by atoms with van der Waals surface area (Å²) in [6.45, 7) is 0.728. The summed E-state index contributed by atoms with van der Waals surface area (Å²) in [4.78, 5) is 22.4. The van der Waals surface area contributed by atoms with Crippen molar-refractivity contribution in [2.75, 3.05) is 19.8 Å². The SMILES string of the molecule is [N-]=[N+]=NCc1ccccc1C[C@@]1(C(=O)NCCc2ccccc2F)N=C(c2ccc(OCCCO)cc2)O[C@@H]1c1ccccc1. The van der Waals surface area contributed by atoms with Crippen molar-refractivity contribution in [3.05, 3.63) is 147 Å². The summed E-state index contributed by atoms with van der Waals surface area (Å²) in [5.74, 6) is 0.228. The number of ether oxygens (including phenoxy) is 2. The Kier molecular flexibility index (Phi) is 10.4. The van der Waals surface area contributed by atoms with Gasteiger partial charge in [0.05, 0.1) is 13.2 Å². The van der Waals surface area contributed by atoms with E-state index < -0.39 is 11.6 Å². The van der Waals surface area contributed by atoms with Crippen LogP contribution in [0.4, 0.5) is 4.39 Å². The molecule has 5 rings (SSSR count). The van der Waals surface area contributed by atoms with Gasteiger partial charge in [0.1, 0.15) is 11.6 Å². The second-order valence-corrected chi connectivity index (χ2v) is 10.6. The monoisotopic (exact) mass is 607 g/mol. The minimum atomic E-state index is -1.45. The van der Waals surface area contributed by atoms with Gasteiger partial charge in [0, 0.05) is 36.5 Å². The van der Waals surface area contributed by atoms with E-state index in [4.69, 9.17) is 25.1 Å². The van der Waals surface area contributed by atoms with Crippen LogP contribution in [0.5, 0.6) is 5.75 Å². The fraction of sp³-hybridized carbons (Fsp3) is 0.257. The molecule has 0 spiro atoms. The van der Waals surface area contributed by atoms with E-state index in [0.29, 0.717) is 42.2 Å². The first kappa shape index (κ1) is 31.3. The van der Waals surface area contributed by atoms with Crippen LogP contribution in [0.15, 0.2) is 113 Å². The number of nitrogens with one attached hydrogen (secondary N) is 1. The molecule has 0 aliphatic carbocycles. The highest BCUT2D eigenvalue weighted by molar-refractivity contribution is 6.01. The van der Waals surface area contributed by atoms with Gasteiger partial charge in [0.15, 0.2) is 11.6 Å². The van der Waals surface area contributed by atoms with Crippen LogP contribution in [0, 0.1) is 5.82 Å². The van der Waals surface area contributed by atoms with Crippen molar-refractivity contribution >= 4 is 11.8 Å². The minimum Gasteiger partial charge on any atom is -0.494 e. The zero-order chi connectivity index (χ0) is 31.5. The van der Waals surface area contributed by atoms with Gasteiger partial charge < -0.3 is 19.9 Å². The average molecular weight is 608 g/mol. The summed E-state index contributed by atoms with van der Waals surface area (Å²) in [5.41, 5.74) is 11.0. The van der Waals surface area contributed by atoms with Crippen LogP contribution >= 0.6 is 0 Å². The van der Waals surface area contributed by atoms with Gasteiger partial charge in [-0.2, -0.15) is 0 Å². The van der Waals surface area contributed by atoms with Crippen molar-refractivity contribution in [3.8, 4) is 5.75 Å². The van der Waals surface area contributed by atoms with Crippen molar-refractivity contribution in [1.29, 1.82) is 0 Å². The molecule has 0 saturated carbocycles. The van der Waals surface area contributed by atoms with Crippen molar-refractivity contribution in [2.45, 2.75) is 37.5 Å². The number of hydrogen-bond acceptors (Lipinski definition) is 6. The van der Waals surface area contributed by atoms with Crippen molar-refractivity contribution in [2.24, 2.45) is 10.1 Å². The lowest BCUT2D eigenvalue weighted by molar-refractivity contribution is -0.128.